The van der Waals surface area contributed by atoms with Gasteiger partial charge in [-0.3, -0.25) is 9.69 Å². The molecule has 0 aliphatic heterocycles. The Hall–Kier alpha value is -1.97. The lowest BCUT2D eigenvalue weighted by Gasteiger charge is -2.71. The first-order valence-corrected chi connectivity index (χ1v) is 16.1. The molecule has 2 spiro atoms. The fraction of sp³-hybridized carbons (Fsp3) is 0.686. The maximum absolute atomic E-state index is 14.5. The van der Waals surface area contributed by atoms with E-state index in [1.165, 1.54) is 6.07 Å². The lowest BCUT2D eigenvalue weighted by molar-refractivity contribution is -0.177. The highest BCUT2D eigenvalue weighted by Gasteiger charge is 2.74. The van der Waals surface area contributed by atoms with E-state index >= 15 is 0 Å². The van der Waals surface area contributed by atoms with Crippen molar-refractivity contribution in [3.63, 3.8) is 0 Å². The van der Waals surface area contributed by atoms with Gasteiger partial charge in [0, 0.05) is 40.5 Å². The summed E-state index contributed by atoms with van der Waals surface area (Å²) >= 11 is 0. The molecule has 43 heavy (non-hydrogen) atoms. The molecule has 0 aromatic heterocycles. The Bertz CT molecular complexity index is 1350. The Balaban J connectivity index is 1.46. The van der Waals surface area contributed by atoms with E-state index in [0.29, 0.717) is 44.3 Å². The highest BCUT2D eigenvalue weighted by molar-refractivity contribution is 6.10. The van der Waals surface area contributed by atoms with Crippen LogP contribution in [0.25, 0.3) is 0 Å². The monoisotopic (exact) mass is 599 g/mol. The number of hydrogen-bond donors (Lipinski definition) is 4. The molecule has 9 atom stereocenters. The molecule has 2 bridgehead atoms. The summed E-state index contributed by atoms with van der Waals surface area (Å²) in [5.74, 6) is -2.35. The SMILES string of the molecule is CCCN(CC(O)CO)CC1(O)CCC2C34C=CC5(C=C3C(=O)c3ccc(F)c(F)c3)CC(O)CCC5(C)C4CCC21C. The van der Waals surface area contributed by atoms with Gasteiger partial charge in [-0.2, -0.15) is 0 Å². The van der Waals surface area contributed by atoms with Gasteiger partial charge in [-0.25, -0.2) is 8.78 Å². The van der Waals surface area contributed by atoms with Crippen molar-refractivity contribution >= 4 is 5.78 Å². The standard InChI is InChI=1S/C35H47F2NO5/c1-4-15-38(19-24(41)20-39)21-34(43)12-9-29-32(34,3)11-8-28-31(2)10-7-23(40)17-33(31)13-14-35(28,29)25(18-33)30(42)22-5-6-26(36)27(37)16-22/h5-6,13-14,16,18,23-24,28-29,39-41,43H,4,7-12,15,17,19-21H2,1-3H3. The van der Waals surface area contributed by atoms with Crippen LogP contribution in [0.1, 0.15) is 82.5 Å². The predicted octanol–water partition coefficient (Wildman–Crippen LogP) is 4.80. The van der Waals surface area contributed by atoms with Gasteiger partial charge in [-0.1, -0.05) is 39.0 Å². The molecule has 1 aromatic carbocycles. The molecule has 0 radical (unpaired) electrons. The molecular formula is C35H47F2NO5. The van der Waals surface area contributed by atoms with E-state index in [1.807, 2.05) is 4.90 Å². The van der Waals surface area contributed by atoms with E-state index in [1.54, 1.807) is 0 Å². The number of carbonyl (C=O) groups excluding carboxylic acids is 1. The number of hydrogen-bond acceptors (Lipinski definition) is 6. The Morgan fingerprint density at radius 3 is 2.44 bits per heavy atom. The lowest BCUT2D eigenvalue weighted by atomic mass is 9.32. The fourth-order valence-corrected chi connectivity index (χ4v) is 10.7. The predicted molar refractivity (Wildman–Crippen MR) is 159 cm³/mol. The molecule has 0 saturated heterocycles. The zero-order chi connectivity index (χ0) is 31.0. The number of aliphatic hydroxyl groups is 4. The summed E-state index contributed by atoms with van der Waals surface area (Å²) in [5.41, 5.74) is -2.33. The van der Waals surface area contributed by atoms with Crippen LogP contribution in [0, 0.1) is 45.1 Å². The molecule has 6 aliphatic rings. The Labute approximate surface area is 253 Å². The summed E-state index contributed by atoms with van der Waals surface area (Å²) in [7, 11) is 0. The number of carbonyl (C=O) groups is 1. The minimum atomic E-state index is -1.08. The number of rotatable bonds is 9. The van der Waals surface area contributed by atoms with Crippen LogP contribution in [0.4, 0.5) is 8.78 Å². The highest BCUT2D eigenvalue weighted by Crippen LogP contribution is 2.78. The summed E-state index contributed by atoms with van der Waals surface area (Å²) in [5, 5.41) is 43.1. The van der Waals surface area contributed by atoms with Crippen LogP contribution in [-0.4, -0.2) is 75.2 Å². The van der Waals surface area contributed by atoms with Crippen molar-refractivity contribution < 1.29 is 34.0 Å². The second kappa shape index (κ2) is 10.5. The van der Waals surface area contributed by atoms with Crippen LogP contribution >= 0.6 is 0 Å². The van der Waals surface area contributed by atoms with Gasteiger partial charge in [-0.05, 0) is 93.4 Å². The molecule has 6 aliphatic carbocycles. The molecular weight excluding hydrogens is 552 g/mol. The molecule has 1 aromatic rings. The third kappa shape index (κ3) is 4.30. The largest absolute Gasteiger partial charge is 0.394 e. The van der Waals surface area contributed by atoms with Gasteiger partial charge in [0.15, 0.2) is 17.4 Å². The number of allylic oxidation sites excluding steroid dienone is 4. The first-order chi connectivity index (χ1) is 20.3. The molecule has 0 amide bonds. The van der Waals surface area contributed by atoms with Crippen molar-refractivity contribution in [3.8, 4) is 0 Å². The first-order valence-electron chi connectivity index (χ1n) is 16.1. The maximum Gasteiger partial charge on any atom is 0.189 e. The second-order valence-corrected chi connectivity index (χ2v) is 14.8. The van der Waals surface area contributed by atoms with E-state index in [9.17, 15) is 34.0 Å². The van der Waals surface area contributed by atoms with Crippen molar-refractivity contribution in [2.24, 2.45) is 33.5 Å². The zero-order valence-corrected chi connectivity index (χ0v) is 25.7. The summed E-state index contributed by atoms with van der Waals surface area (Å²) in [6.45, 7) is 7.47. The van der Waals surface area contributed by atoms with Gasteiger partial charge in [0.25, 0.3) is 0 Å². The van der Waals surface area contributed by atoms with Crippen LogP contribution < -0.4 is 0 Å². The van der Waals surface area contributed by atoms with Gasteiger partial charge in [0.05, 0.1) is 24.4 Å². The fourth-order valence-electron chi connectivity index (χ4n) is 10.7. The lowest BCUT2D eigenvalue weighted by Crippen LogP contribution is -2.67. The number of benzene rings is 1. The quantitative estimate of drug-likeness (QED) is 0.240. The van der Waals surface area contributed by atoms with E-state index in [4.69, 9.17) is 0 Å². The van der Waals surface area contributed by atoms with Crippen LogP contribution in [0.3, 0.4) is 0 Å². The van der Waals surface area contributed by atoms with Crippen molar-refractivity contribution in [2.45, 2.75) is 89.9 Å². The topological polar surface area (TPSA) is 101 Å². The minimum Gasteiger partial charge on any atom is -0.394 e. The van der Waals surface area contributed by atoms with Gasteiger partial charge in [0.2, 0.25) is 0 Å². The third-order valence-corrected chi connectivity index (χ3v) is 12.8. The number of aliphatic hydroxyl groups excluding tert-OH is 3. The van der Waals surface area contributed by atoms with Gasteiger partial charge in [0.1, 0.15) is 0 Å². The molecule has 3 saturated carbocycles. The number of Topliss-reactive ketones (excluding diaryl/α,β-unsaturated/α-hetero) is 1. The van der Waals surface area contributed by atoms with Crippen molar-refractivity contribution in [3.05, 3.63) is 59.2 Å². The molecule has 6 nitrogen and oxygen atoms in total. The van der Waals surface area contributed by atoms with Gasteiger partial charge < -0.3 is 20.4 Å². The van der Waals surface area contributed by atoms with Crippen LogP contribution in [-0.2, 0) is 0 Å². The van der Waals surface area contributed by atoms with E-state index in [2.05, 4.69) is 39.0 Å². The van der Waals surface area contributed by atoms with Gasteiger partial charge in [-0.15, -0.1) is 0 Å². The summed E-state index contributed by atoms with van der Waals surface area (Å²) < 4.78 is 28.3. The smallest absolute Gasteiger partial charge is 0.189 e. The highest BCUT2D eigenvalue weighted by atomic mass is 19.2. The normalized spacial score (nSPS) is 41.9. The molecule has 236 valence electrons. The van der Waals surface area contributed by atoms with Crippen molar-refractivity contribution in [1.82, 2.24) is 4.90 Å². The minimum absolute atomic E-state index is 0.0753. The van der Waals surface area contributed by atoms with E-state index in [-0.39, 0.29) is 41.7 Å². The number of halogens is 2. The first kappa shape index (κ1) is 31.0. The Kier molecular flexibility index (Phi) is 7.61. The molecule has 9 unspecified atom stereocenters. The Morgan fingerprint density at radius 1 is 1.05 bits per heavy atom. The molecule has 4 N–H and O–H groups in total. The van der Waals surface area contributed by atoms with Crippen LogP contribution in [0.15, 0.2) is 42.0 Å². The maximum atomic E-state index is 14.5. The van der Waals surface area contributed by atoms with E-state index in [0.717, 1.165) is 37.8 Å². The average molecular weight is 600 g/mol. The van der Waals surface area contributed by atoms with Crippen LogP contribution in [0.5, 0.6) is 0 Å². The molecule has 3 fully saturated rings. The Morgan fingerprint density at radius 2 is 1.74 bits per heavy atom. The number of fused-ring (bicyclic) bond motifs is 1. The molecule has 0 heterocycles. The van der Waals surface area contributed by atoms with E-state index < -0.39 is 45.7 Å². The number of nitrogens with zero attached hydrogens (tertiary/aromatic N) is 1. The molecule has 8 heteroatoms. The molecule has 7 rings (SSSR count). The zero-order valence-electron chi connectivity index (χ0n) is 25.7. The third-order valence-electron chi connectivity index (χ3n) is 12.8. The summed E-state index contributed by atoms with van der Waals surface area (Å²) in [6, 6.07) is 3.35. The summed E-state index contributed by atoms with van der Waals surface area (Å²) in [4.78, 5) is 16.5. The van der Waals surface area contributed by atoms with Crippen molar-refractivity contribution in [1.29, 1.82) is 0 Å². The van der Waals surface area contributed by atoms with Crippen LogP contribution in [0.2, 0.25) is 0 Å². The number of ketones is 1. The van der Waals surface area contributed by atoms with Gasteiger partial charge >= 0.3 is 0 Å². The summed E-state index contributed by atoms with van der Waals surface area (Å²) in [6.07, 6.45) is 10.8. The second-order valence-electron chi connectivity index (χ2n) is 14.8. The average Bonchev–Trinajstić information content (AvgIpc) is 3.24. The van der Waals surface area contributed by atoms with Crippen molar-refractivity contribution in [2.75, 3.05) is 26.2 Å².